The standard InChI is InChI=1S/C33H48O2Si.C28H36O2.CH4O3S/c1-21(2)18-26-19-23(4)27-17-16-22(3)28-30(27)29(26)24(5)31(35-36(9,10)33(6,7)8)32(28)34-20-25-14-12-11-13-15-25;1-19(2)11-10-12-20(3)24-16-15-21(4)26-25(24)17-22(5)27(29-6)28(26)30-18-23-13-8-7-9-14-23;1-5(2,3)4/h11-15,18,22-23,26-27H,16-17,19-20H2,1-10H3;7-14,17,20-21,24H,15-16,18H2,1-6H3;1H3,(H,2,3,4)/b;12-10+;/t22-,23-,26+,27+;20-,21-,24+;/m00./s1. The summed E-state index contributed by atoms with van der Waals surface area (Å²) in [4.78, 5) is 0. The first kappa shape index (κ1) is 57.3. The van der Waals surface area contributed by atoms with Crippen LogP contribution in [-0.4, -0.2) is 34.7 Å². The molecule has 3 aliphatic carbocycles. The highest BCUT2D eigenvalue weighted by atomic mass is 32.2. The molecule has 388 valence electrons. The number of aryl methyl sites for hydroxylation is 1. The second-order valence-corrected chi connectivity index (χ2v) is 29.1. The maximum absolute atomic E-state index is 9.19. The lowest BCUT2D eigenvalue weighted by atomic mass is 9.62. The summed E-state index contributed by atoms with van der Waals surface area (Å²) in [5.41, 5.74) is 14.9. The van der Waals surface area contributed by atoms with Gasteiger partial charge in [-0.05, 0) is 166 Å². The molecular weight excluding hydrogens is 917 g/mol. The molecule has 7 atom stereocenters. The molecule has 0 fully saturated rings. The number of benzene rings is 4. The van der Waals surface area contributed by atoms with Crippen molar-refractivity contribution in [2.24, 2.45) is 11.8 Å². The fourth-order valence-corrected chi connectivity index (χ4v) is 11.8. The van der Waals surface area contributed by atoms with Gasteiger partial charge in [-0.1, -0.05) is 151 Å². The van der Waals surface area contributed by atoms with E-state index in [0.717, 1.165) is 28.6 Å². The predicted octanol–water partition coefficient (Wildman–Crippen LogP) is 17.3. The zero-order valence-electron chi connectivity index (χ0n) is 46.5. The number of hydrogen-bond donors (Lipinski definition) is 1. The molecule has 0 bridgehead atoms. The number of methoxy groups -OCH3 is 1. The van der Waals surface area contributed by atoms with Crippen LogP contribution >= 0.6 is 0 Å². The Bertz CT molecular complexity index is 2610. The quantitative estimate of drug-likeness (QED) is 0.0617. The zero-order valence-corrected chi connectivity index (χ0v) is 48.3. The normalized spacial score (nSPS) is 20.9. The molecule has 0 amide bonds. The summed E-state index contributed by atoms with van der Waals surface area (Å²) in [5, 5.41) is 0.116. The first-order chi connectivity index (χ1) is 33.2. The van der Waals surface area contributed by atoms with E-state index in [2.05, 4.69) is 188 Å². The van der Waals surface area contributed by atoms with Crippen LogP contribution in [0, 0.1) is 25.7 Å². The Morgan fingerprint density at radius 1 is 0.761 bits per heavy atom. The van der Waals surface area contributed by atoms with Crippen molar-refractivity contribution in [1.29, 1.82) is 0 Å². The molecule has 0 saturated heterocycles. The minimum atomic E-state index is -3.67. The van der Waals surface area contributed by atoms with E-state index in [-0.39, 0.29) is 5.04 Å². The fourth-order valence-electron chi connectivity index (χ4n) is 10.8. The van der Waals surface area contributed by atoms with Gasteiger partial charge < -0.3 is 18.6 Å². The van der Waals surface area contributed by atoms with Crippen LogP contribution in [0.5, 0.6) is 23.0 Å². The molecule has 0 saturated carbocycles. The van der Waals surface area contributed by atoms with Crippen LogP contribution in [0.15, 0.2) is 102 Å². The molecule has 0 heterocycles. The Morgan fingerprint density at radius 3 is 1.79 bits per heavy atom. The molecule has 4 aromatic rings. The lowest BCUT2D eigenvalue weighted by molar-refractivity contribution is 0.274. The maximum Gasteiger partial charge on any atom is 0.261 e. The van der Waals surface area contributed by atoms with Gasteiger partial charge in [0, 0.05) is 17.0 Å². The van der Waals surface area contributed by atoms with E-state index in [0.29, 0.717) is 60.9 Å². The van der Waals surface area contributed by atoms with E-state index in [4.69, 9.17) is 23.2 Å². The molecule has 0 aromatic heterocycles. The van der Waals surface area contributed by atoms with Crippen molar-refractivity contribution in [3.63, 3.8) is 0 Å². The van der Waals surface area contributed by atoms with Gasteiger partial charge in [0.25, 0.3) is 18.4 Å². The van der Waals surface area contributed by atoms with E-state index >= 15 is 0 Å². The molecule has 0 unspecified atom stereocenters. The van der Waals surface area contributed by atoms with Crippen molar-refractivity contribution in [3.05, 3.63) is 152 Å². The Labute approximate surface area is 431 Å². The monoisotopic (exact) mass is 1000 g/mol. The molecule has 3 aliphatic rings. The van der Waals surface area contributed by atoms with E-state index in [1.54, 1.807) is 18.2 Å². The first-order valence-corrected chi connectivity index (χ1v) is 30.8. The SMILES string of the molecule is CC(C)=C[C@@H]1C[C@H](C)[C@H]2CC[C@H](C)c3c(OCc4ccccc4)c(O[Si](C)(C)C(C)(C)C)c(C)c1c32.COc1c(C)cc2c(c1OCc1ccccc1)[C@@H](C)CC[C@@H]2[C@@H](C)/C=C/C=C(C)C.CS(=O)(=O)O. The minimum absolute atomic E-state index is 0.116. The van der Waals surface area contributed by atoms with Crippen LogP contribution in [0.4, 0.5) is 0 Å². The molecule has 7 rings (SSSR count). The smallest absolute Gasteiger partial charge is 0.261 e. The Hall–Kier alpha value is -4.57. The zero-order chi connectivity index (χ0) is 52.6. The van der Waals surface area contributed by atoms with Crippen molar-refractivity contribution in [2.45, 2.75) is 183 Å². The van der Waals surface area contributed by atoms with E-state index in [1.807, 2.05) is 6.07 Å². The Balaban J connectivity index is 0.000000244. The van der Waals surface area contributed by atoms with Gasteiger partial charge >= 0.3 is 0 Å². The molecule has 1 N–H and O–H groups in total. The van der Waals surface area contributed by atoms with E-state index in [1.165, 1.54) is 76.6 Å². The van der Waals surface area contributed by atoms with Gasteiger partial charge in [-0.25, -0.2) is 0 Å². The van der Waals surface area contributed by atoms with Crippen LogP contribution in [0.1, 0.15) is 188 Å². The van der Waals surface area contributed by atoms with E-state index < -0.39 is 18.4 Å². The molecule has 9 heteroatoms. The first-order valence-electron chi connectivity index (χ1n) is 26.1. The van der Waals surface area contributed by atoms with Crippen LogP contribution in [0.3, 0.4) is 0 Å². The van der Waals surface area contributed by atoms with Crippen molar-refractivity contribution < 1.29 is 31.6 Å². The van der Waals surface area contributed by atoms with Crippen LogP contribution in [-0.2, 0) is 23.3 Å². The van der Waals surface area contributed by atoms with Crippen LogP contribution in [0.25, 0.3) is 0 Å². The van der Waals surface area contributed by atoms with Crippen molar-refractivity contribution in [1.82, 2.24) is 0 Å². The summed E-state index contributed by atoms with van der Waals surface area (Å²) < 4.78 is 52.2. The number of rotatable bonds is 13. The lowest BCUT2D eigenvalue weighted by Gasteiger charge is -2.45. The van der Waals surface area contributed by atoms with Gasteiger partial charge in [-0.3, -0.25) is 4.55 Å². The van der Waals surface area contributed by atoms with Gasteiger partial charge in [0.15, 0.2) is 17.2 Å². The minimum Gasteiger partial charge on any atom is -0.541 e. The average molecular weight is 1010 g/mol. The number of ether oxygens (including phenoxy) is 3. The largest absolute Gasteiger partial charge is 0.541 e. The van der Waals surface area contributed by atoms with Crippen molar-refractivity contribution in [3.8, 4) is 23.0 Å². The average Bonchev–Trinajstić information content (AvgIpc) is 3.27. The summed E-state index contributed by atoms with van der Waals surface area (Å²) in [7, 11) is -4.00. The highest BCUT2D eigenvalue weighted by Gasteiger charge is 2.45. The topological polar surface area (TPSA) is 91.3 Å². The molecular formula is C62H88O7SSi. The van der Waals surface area contributed by atoms with Crippen LogP contribution < -0.4 is 18.6 Å². The number of fused-ring (bicyclic) bond motifs is 1. The second kappa shape index (κ2) is 24.4. The molecule has 7 nitrogen and oxygen atoms in total. The van der Waals surface area contributed by atoms with Crippen molar-refractivity contribution in [2.75, 3.05) is 13.4 Å². The van der Waals surface area contributed by atoms with Gasteiger partial charge in [0.05, 0.1) is 13.4 Å². The molecule has 0 radical (unpaired) electrons. The maximum atomic E-state index is 9.19. The molecule has 71 heavy (non-hydrogen) atoms. The molecule has 0 aliphatic heterocycles. The van der Waals surface area contributed by atoms with Crippen LogP contribution in [0.2, 0.25) is 18.1 Å². The highest BCUT2D eigenvalue weighted by molar-refractivity contribution is 7.85. The summed E-state index contributed by atoms with van der Waals surface area (Å²) in [5.74, 6) is 7.53. The third-order valence-electron chi connectivity index (χ3n) is 15.4. The molecule has 0 spiro atoms. The second-order valence-electron chi connectivity index (χ2n) is 22.9. The highest BCUT2D eigenvalue weighted by Crippen LogP contribution is 2.59. The third kappa shape index (κ3) is 14.8. The summed E-state index contributed by atoms with van der Waals surface area (Å²) in [6.07, 6.45) is 16.1. The Kier molecular flexibility index (Phi) is 19.7. The summed E-state index contributed by atoms with van der Waals surface area (Å²) >= 11 is 0. The third-order valence-corrected chi connectivity index (χ3v) is 19.7. The van der Waals surface area contributed by atoms with Gasteiger partial charge in [-0.2, -0.15) is 8.42 Å². The fraction of sp³-hybridized carbons (Fsp3) is 0.516. The number of hydrogen-bond acceptors (Lipinski definition) is 6. The van der Waals surface area contributed by atoms with Gasteiger partial charge in [0.1, 0.15) is 19.0 Å². The summed E-state index contributed by atoms with van der Waals surface area (Å²) in [6, 6.07) is 23.3. The molecule has 4 aromatic carbocycles. The lowest BCUT2D eigenvalue weighted by Crippen LogP contribution is -2.44. The van der Waals surface area contributed by atoms with Gasteiger partial charge in [0.2, 0.25) is 0 Å². The number of allylic oxidation sites excluding steroid dienone is 6. The van der Waals surface area contributed by atoms with E-state index in [9.17, 15) is 8.42 Å². The van der Waals surface area contributed by atoms with Crippen molar-refractivity contribution >= 4 is 18.4 Å². The Morgan fingerprint density at radius 2 is 1.28 bits per heavy atom. The van der Waals surface area contributed by atoms with Gasteiger partial charge in [-0.15, -0.1) is 0 Å². The predicted molar refractivity (Wildman–Crippen MR) is 300 cm³/mol. The summed E-state index contributed by atoms with van der Waals surface area (Å²) in [6.45, 7) is 35.6.